The number of nitrogens with zero attached hydrogens (tertiary/aromatic N) is 2. The Morgan fingerprint density at radius 3 is 2.60 bits per heavy atom. The maximum absolute atomic E-state index is 12.7. The fourth-order valence-electron chi connectivity index (χ4n) is 1.31. The number of hydrogen-bond donors (Lipinski definition) is 0. The van der Waals surface area contributed by atoms with Gasteiger partial charge in [-0.05, 0) is 31.2 Å². The van der Waals surface area contributed by atoms with Gasteiger partial charge in [0.05, 0.1) is 0 Å². The molecular weight excluding hydrogens is 195 g/mol. The SMILES string of the molecule is Cc1nccn(-c2ccc(F)cc2)c1=O. The zero-order valence-electron chi connectivity index (χ0n) is 8.14. The van der Waals surface area contributed by atoms with Gasteiger partial charge >= 0.3 is 0 Å². The lowest BCUT2D eigenvalue weighted by Gasteiger charge is -2.05. The lowest BCUT2D eigenvalue weighted by molar-refractivity contribution is 0.627. The second-order valence-corrected chi connectivity index (χ2v) is 3.16. The maximum Gasteiger partial charge on any atom is 0.276 e. The number of hydrogen-bond acceptors (Lipinski definition) is 2. The smallest absolute Gasteiger partial charge is 0.276 e. The third-order valence-corrected chi connectivity index (χ3v) is 2.12. The molecule has 1 heterocycles. The van der Waals surface area contributed by atoms with Crippen molar-refractivity contribution in [2.24, 2.45) is 0 Å². The second kappa shape index (κ2) is 3.65. The molecular formula is C11H9FN2O. The molecule has 0 unspecified atom stereocenters. The van der Waals surface area contributed by atoms with Crippen molar-refractivity contribution in [1.82, 2.24) is 9.55 Å². The Bertz CT molecular complexity index is 531. The van der Waals surface area contributed by atoms with Gasteiger partial charge in [0.25, 0.3) is 5.56 Å². The number of rotatable bonds is 1. The molecule has 2 rings (SSSR count). The molecule has 0 saturated heterocycles. The van der Waals surface area contributed by atoms with Crippen LogP contribution in [0, 0.1) is 12.7 Å². The summed E-state index contributed by atoms with van der Waals surface area (Å²) in [6.07, 6.45) is 3.10. The summed E-state index contributed by atoms with van der Waals surface area (Å²) in [5, 5.41) is 0. The topological polar surface area (TPSA) is 34.9 Å². The molecule has 2 aromatic rings. The van der Waals surface area contributed by atoms with E-state index in [1.807, 2.05) is 0 Å². The van der Waals surface area contributed by atoms with Crippen molar-refractivity contribution in [2.75, 3.05) is 0 Å². The van der Waals surface area contributed by atoms with E-state index in [-0.39, 0.29) is 11.4 Å². The zero-order chi connectivity index (χ0) is 10.8. The predicted molar refractivity (Wildman–Crippen MR) is 54.5 cm³/mol. The van der Waals surface area contributed by atoms with E-state index in [1.165, 1.54) is 16.7 Å². The third kappa shape index (κ3) is 1.79. The largest absolute Gasteiger partial charge is 0.281 e. The van der Waals surface area contributed by atoms with Crippen molar-refractivity contribution in [2.45, 2.75) is 6.92 Å². The summed E-state index contributed by atoms with van der Waals surface area (Å²) in [4.78, 5) is 15.5. The highest BCUT2D eigenvalue weighted by Crippen LogP contribution is 2.06. The van der Waals surface area contributed by atoms with Gasteiger partial charge in [-0.15, -0.1) is 0 Å². The van der Waals surface area contributed by atoms with Gasteiger partial charge in [0.15, 0.2) is 0 Å². The first kappa shape index (κ1) is 9.58. The average Bonchev–Trinajstić information content (AvgIpc) is 2.24. The van der Waals surface area contributed by atoms with Crippen LogP contribution in [-0.4, -0.2) is 9.55 Å². The summed E-state index contributed by atoms with van der Waals surface area (Å²) >= 11 is 0. The van der Waals surface area contributed by atoms with E-state index in [0.29, 0.717) is 11.4 Å². The van der Waals surface area contributed by atoms with Crippen LogP contribution >= 0.6 is 0 Å². The summed E-state index contributed by atoms with van der Waals surface area (Å²) in [7, 11) is 0. The van der Waals surface area contributed by atoms with Crippen molar-refractivity contribution in [1.29, 1.82) is 0 Å². The number of benzene rings is 1. The molecule has 1 aromatic carbocycles. The highest BCUT2D eigenvalue weighted by molar-refractivity contribution is 5.32. The van der Waals surface area contributed by atoms with E-state index in [2.05, 4.69) is 4.98 Å². The fourth-order valence-corrected chi connectivity index (χ4v) is 1.31. The Labute approximate surface area is 85.8 Å². The van der Waals surface area contributed by atoms with Crippen LogP contribution in [0.3, 0.4) is 0 Å². The monoisotopic (exact) mass is 204 g/mol. The molecule has 0 radical (unpaired) electrons. The minimum absolute atomic E-state index is 0.191. The van der Waals surface area contributed by atoms with Crippen molar-refractivity contribution < 1.29 is 4.39 Å². The van der Waals surface area contributed by atoms with E-state index < -0.39 is 0 Å². The molecule has 0 aliphatic carbocycles. The summed E-state index contributed by atoms with van der Waals surface area (Å²) in [6.45, 7) is 1.64. The number of aryl methyl sites for hydroxylation is 1. The summed E-state index contributed by atoms with van der Waals surface area (Å²) in [5.74, 6) is -0.322. The van der Waals surface area contributed by atoms with Crippen LogP contribution in [0.5, 0.6) is 0 Å². The number of aromatic nitrogens is 2. The van der Waals surface area contributed by atoms with Crippen LogP contribution in [0.4, 0.5) is 4.39 Å². The predicted octanol–water partition coefficient (Wildman–Crippen LogP) is 1.68. The molecule has 0 fully saturated rings. The van der Waals surface area contributed by atoms with Gasteiger partial charge in [0.2, 0.25) is 0 Å². The molecule has 0 amide bonds. The molecule has 0 spiro atoms. The molecule has 0 aliphatic rings. The van der Waals surface area contributed by atoms with E-state index in [1.54, 1.807) is 31.5 Å². The molecule has 0 N–H and O–H groups in total. The first-order valence-electron chi connectivity index (χ1n) is 4.49. The van der Waals surface area contributed by atoms with Crippen LogP contribution in [0.15, 0.2) is 41.5 Å². The molecule has 3 nitrogen and oxygen atoms in total. The van der Waals surface area contributed by atoms with Crippen LogP contribution in [0.25, 0.3) is 5.69 Å². The summed E-state index contributed by atoms with van der Waals surface area (Å²) in [5.41, 5.74) is 0.859. The van der Waals surface area contributed by atoms with E-state index in [9.17, 15) is 9.18 Å². The maximum atomic E-state index is 12.7. The van der Waals surface area contributed by atoms with Gasteiger partial charge in [-0.2, -0.15) is 0 Å². The molecule has 0 saturated carbocycles. The molecule has 0 atom stereocenters. The molecule has 4 heteroatoms. The zero-order valence-corrected chi connectivity index (χ0v) is 8.14. The normalized spacial score (nSPS) is 10.3. The first-order chi connectivity index (χ1) is 7.18. The minimum atomic E-state index is -0.322. The van der Waals surface area contributed by atoms with Gasteiger partial charge in [0, 0.05) is 18.1 Å². The Hall–Kier alpha value is -1.97. The van der Waals surface area contributed by atoms with E-state index >= 15 is 0 Å². The molecule has 0 bridgehead atoms. The summed E-state index contributed by atoms with van der Waals surface area (Å²) in [6, 6.07) is 5.74. The van der Waals surface area contributed by atoms with Gasteiger partial charge < -0.3 is 0 Å². The Morgan fingerprint density at radius 1 is 1.27 bits per heavy atom. The summed E-state index contributed by atoms with van der Waals surface area (Å²) < 4.78 is 14.1. The van der Waals surface area contributed by atoms with Crippen molar-refractivity contribution in [3.63, 3.8) is 0 Å². The van der Waals surface area contributed by atoms with Crippen LogP contribution < -0.4 is 5.56 Å². The second-order valence-electron chi connectivity index (χ2n) is 3.16. The van der Waals surface area contributed by atoms with Gasteiger partial charge in [-0.25, -0.2) is 4.39 Å². The third-order valence-electron chi connectivity index (χ3n) is 2.12. The van der Waals surface area contributed by atoms with Crippen molar-refractivity contribution in [3.05, 3.63) is 58.5 Å². The van der Waals surface area contributed by atoms with Gasteiger partial charge in [-0.1, -0.05) is 0 Å². The Balaban J connectivity index is 2.59. The quantitative estimate of drug-likeness (QED) is 0.708. The van der Waals surface area contributed by atoms with Crippen molar-refractivity contribution in [3.8, 4) is 5.69 Å². The molecule has 76 valence electrons. The number of halogens is 1. The average molecular weight is 204 g/mol. The Morgan fingerprint density at radius 2 is 1.93 bits per heavy atom. The highest BCUT2D eigenvalue weighted by atomic mass is 19.1. The standard InChI is InChI=1S/C11H9FN2O/c1-8-11(15)14(7-6-13-8)10-4-2-9(12)3-5-10/h2-7H,1H3. The molecule has 1 aromatic heterocycles. The van der Waals surface area contributed by atoms with Gasteiger partial charge in [0.1, 0.15) is 11.5 Å². The van der Waals surface area contributed by atoms with Crippen LogP contribution in [0.1, 0.15) is 5.69 Å². The Kier molecular flexibility index (Phi) is 2.33. The molecule has 0 aliphatic heterocycles. The van der Waals surface area contributed by atoms with Crippen LogP contribution in [0.2, 0.25) is 0 Å². The van der Waals surface area contributed by atoms with E-state index in [0.717, 1.165) is 0 Å². The lowest BCUT2D eigenvalue weighted by atomic mass is 10.3. The lowest BCUT2D eigenvalue weighted by Crippen LogP contribution is -2.20. The van der Waals surface area contributed by atoms with E-state index in [4.69, 9.17) is 0 Å². The van der Waals surface area contributed by atoms with Crippen molar-refractivity contribution >= 4 is 0 Å². The first-order valence-corrected chi connectivity index (χ1v) is 4.49. The van der Waals surface area contributed by atoms with Crippen LogP contribution in [-0.2, 0) is 0 Å². The van der Waals surface area contributed by atoms with Gasteiger partial charge in [-0.3, -0.25) is 14.3 Å². The molecule has 15 heavy (non-hydrogen) atoms. The fraction of sp³-hybridized carbons (Fsp3) is 0.0909. The highest BCUT2D eigenvalue weighted by Gasteiger charge is 2.01. The minimum Gasteiger partial charge on any atom is -0.281 e.